The number of aliphatic hydroxyl groups excluding tert-OH is 1. The number of primary amides is 1. The Kier molecular flexibility index (Phi) is 5.37. The first-order valence-electron chi connectivity index (χ1n) is 8.53. The van der Waals surface area contributed by atoms with Gasteiger partial charge in [0.05, 0.1) is 0 Å². The minimum Gasteiger partial charge on any atom is -0.490 e. The molecule has 1 fully saturated rings. The number of nitrogens with two attached hydrogens (primary N) is 1. The number of H-pyrrole nitrogens is 1. The number of amides is 1. The van der Waals surface area contributed by atoms with Crippen molar-refractivity contribution in [2.45, 2.75) is 37.8 Å². The number of likely N-dealkylation sites (tertiary alicyclic amines) is 1. The normalized spacial score (nSPS) is 20.1. The van der Waals surface area contributed by atoms with Crippen LogP contribution in [0.5, 0.6) is 5.75 Å². The summed E-state index contributed by atoms with van der Waals surface area (Å²) in [5.41, 5.74) is 6.35. The van der Waals surface area contributed by atoms with Crippen LogP contribution in [0.2, 0.25) is 0 Å². The topological polar surface area (TPSA) is 91.6 Å². The zero-order valence-electron chi connectivity index (χ0n) is 13.8. The number of aliphatic hydroxyl groups is 1. The second kappa shape index (κ2) is 7.68. The third kappa shape index (κ3) is 4.07. The highest BCUT2D eigenvalue weighted by molar-refractivity contribution is 5.85. The molecule has 0 saturated carbocycles. The number of piperidine rings is 1. The molecule has 24 heavy (non-hydrogen) atoms. The van der Waals surface area contributed by atoms with Crippen LogP contribution in [0.4, 0.5) is 0 Å². The molecule has 0 aliphatic carbocycles. The van der Waals surface area contributed by atoms with Crippen LogP contribution in [-0.4, -0.2) is 52.7 Å². The molecule has 2 atom stereocenters. The van der Waals surface area contributed by atoms with E-state index in [0.717, 1.165) is 42.5 Å². The number of aromatic amines is 1. The molecule has 0 bridgehead atoms. The molecule has 1 saturated heterocycles. The summed E-state index contributed by atoms with van der Waals surface area (Å²) in [5, 5.41) is 11.4. The number of carbonyl (C=O) groups excluding carboxylic acids is 1. The first kappa shape index (κ1) is 16.8. The molecule has 2 aromatic rings. The molecule has 6 nitrogen and oxygen atoms in total. The Morgan fingerprint density at radius 1 is 1.42 bits per heavy atom. The van der Waals surface area contributed by atoms with E-state index >= 15 is 0 Å². The second-order valence-corrected chi connectivity index (χ2v) is 6.47. The van der Waals surface area contributed by atoms with Crippen LogP contribution in [0, 0.1) is 0 Å². The third-order valence-corrected chi connectivity index (χ3v) is 4.62. The summed E-state index contributed by atoms with van der Waals surface area (Å²) >= 11 is 0. The summed E-state index contributed by atoms with van der Waals surface area (Å²) < 4.78 is 5.81. The average Bonchev–Trinajstić information content (AvgIpc) is 3.03. The first-order valence-corrected chi connectivity index (χ1v) is 8.53. The molecule has 1 aromatic heterocycles. The number of ether oxygens (including phenoxy) is 1. The van der Waals surface area contributed by atoms with E-state index in [1.807, 2.05) is 30.5 Å². The molecule has 2 heterocycles. The summed E-state index contributed by atoms with van der Waals surface area (Å²) in [4.78, 5) is 16.5. The van der Waals surface area contributed by atoms with Crippen molar-refractivity contribution in [2.75, 3.05) is 19.7 Å². The summed E-state index contributed by atoms with van der Waals surface area (Å²) in [6.07, 6.45) is 4.78. The van der Waals surface area contributed by atoms with Crippen LogP contribution in [0.15, 0.2) is 30.5 Å². The molecule has 0 radical (unpaired) electrons. The number of carbonyl (C=O) groups is 1. The summed E-state index contributed by atoms with van der Waals surface area (Å²) in [6.45, 7) is 1.62. The smallest absolute Gasteiger partial charge is 0.218 e. The number of benzene rings is 1. The summed E-state index contributed by atoms with van der Waals surface area (Å²) in [7, 11) is 0. The van der Waals surface area contributed by atoms with Crippen molar-refractivity contribution < 1.29 is 14.6 Å². The van der Waals surface area contributed by atoms with Crippen molar-refractivity contribution in [1.82, 2.24) is 9.88 Å². The van der Waals surface area contributed by atoms with Crippen molar-refractivity contribution in [2.24, 2.45) is 5.73 Å². The van der Waals surface area contributed by atoms with E-state index in [4.69, 9.17) is 10.5 Å². The second-order valence-electron chi connectivity index (χ2n) is 6.47. The Hall–Kier alpha value is -2.05. The third-order valence-electron chi connectivity index (χ3n) is 4.62. The van der Waals surface area contributed by atoms with Gasteiger partial charge in [0.25, 0.3) is 0 Å². The minimum atomic E-state index is -0.604. The predicted octanol–water partition coefficient (Wildman–Crippen LogP) is 1.64. The number of nitrogens with zero attached hydrogens (tertiary/aromatic N) is 1. The highest BCUT2D eigenvalue weighted by Crippen LogP contribution is 2.25. The van der Waals surface area contributed by atoms with Crippen LogP contribution < -0.4 is 10.5 Å². The highest BCUT2D eigenvalue weighted by Gasteiger charge is 2.25. The van der Waals surface area contributed by atoms with Gasteiger partial charge in [0, 0.05) is 36.1 Å². The van der Waals surface area contributed by atoms with Crippen LogP contribution >= 0.6 is 0 Å². The number of fused-ring (bicyclic) bond motifs is 1. The number of hydrogen-bond acceptors (Lipinski definition) is 4. The maximum absolute atomic E-state index is 11.2. The maximum atomic E-state index is 11.2. The van der Waals surface area contributed by atoms with Gasteiger partial charge in [-0.2, -0.15) is 0 Å². The molecular weight excluding hydrogens is 306 g/mol. The number of rotatable bonds is 7. The Morgan fingerprint density at radius 3 is 3.12 bits per heavy atom. The van der Waals surface area contributed by atoms with Crippen LogP contribution in [0.25, 0.3) is 10.9 Å². The lowest BCUT2D eigenvalue weighted by atomic mass is 9.98. The van der Waals surface area contributed by atoms with E-state index in [9.17, 15) is 9.90 Å². The Labute approximate surface area is 141 Å². The van der Waals surface area contributed by atoms with Gasteiger partial charge in [0.2, 0.25) is 5.91 Å². The fourth-order valence-corrected chi connectivity index (χ4v) is 3.46. The van der Waals surface area contributed by atoms with Crippen LogP contribution in [0.1, 0.15) is 25.7 Å². The Bertz CT molecular complexity index is 685. The van der Waals surface area contributed by atoms with Gasteiger partial charge in [0.15, 0.2) is 0 Å². The van der Waals surface area contributed by atoms with Gasteiger partial charge >= 0.3 is 0 Å². The van der Waals surface area contributed by atoms with E-state index in [0.29, 0.717) is 13.0 Å². The van der Waals surface area contributed by atoms with Gasteiger partial charge in [0.1, 0.15) is 18.5 Å². The first-order chi connectivity index (χ1) is 11.6. The number of hydrogen-bond donors (Lipinski definition) is 3. The van der Waals surface area contributed by atoms with E-state index in [2.05, 4.69) is 9.88 Å². The van der Waals surface area contributed by atoms with Crippen LogP contribution in [0.3, 0.4) is 0 Å². The molecule has 2 unspecified atom stereocenters. The number of β-amino-alcohol motifs (C(OH)–C–C–N with tert-alkyl or cyclic N) is 1. The predicted molar refractivity (Wildman–Crippen MR) is 92.8 cm³/mol. The lowest BCUT2D eigenvalue weighted by Crippen LogP contribution is -2.46. The Morgan fingerprint density at radius 2 is 2.29 bits per heavy atom. The number of nitrogens with one attached hydrogen (secondary N) is 1. The van der Waals surface area contributed by atoms with E-state index in [1.54, 1.807) is 0 Å². The van der Waals surface area contributed by atoms with Crippen LogP contribution in [-0.2, 0) is 4.79 Å². The molecule has 1 amide bonds. The molecule has 130 valence electrons. The maximum Gasteiger partial charge on any atom is 0.218 e. The fraction of sp³-hybridized carbons (Fsp3) is 0.500. The van der Waals surface area contributed by atoms with Crippen molar-refractivity contribution in [3.05, 3.63) is 30.5 Å². The van der Waals surface area contributed by atoms with E-state index < -0.39 is 6.10 Å². The molecule has 1 aromatic carbocycles. The standard InChI is InChI=1S/C18H25N3O3/c19-18(23)10-13-4-1-2-9-21(13)11-14(22)12-24-17-6-3-5-16-15(17)7-8-20-16/h3,5-8,13-14,20,22H,1-2,4,9-12H2,(H2,19,23). The molecule has 3 rings (SSSR count). The van der Waals surface area contributed by atoms with Gasteiger partial charge in [-0.1, -0.05) is 12.5 Å². The van der Waals surface area contributed by atoms with Crippen molar-refractivity contribution in [3.8, 4) is 5.75 Å². The fourth-order valence-electron chi connectivity index (χ4n) is 3.46. The van der Waals surface area contributed by atoms with Gasteiger partial charge in [-0.25, -0.2) is 0 Å². The lowest BCUT2D eigenvalue weighted by Gasteiger charge is -2.36. The zero-order valence-corrected chi connectivity index (χ0v) is 13.8. The van der Waals surface area contributed by atoms with Gasteiger partial charge in [-0.15, -0.1) is 0 Å². The van der Waals surface area contributed by atoms with Crippen molar-refractivity contribution in [1.29, 1.82) is 0 Å². The molecular formula is C18H25N3O3. The monoisotopic (exact) mass is 331 g/mol. The molecule has 4 N–H and O–H groups in total. The van der Waals surface area contributed by atoms with E-state index in [-0.39, 0.29) is 18.6 Å². The van der Waals surface area contributed by atoms with Crippen molar-refractivity contribution in [3.63, 3.8) is 0 Å². The largest absolute Gasteiger partial charge is 0.490 e. The zero-order chi connectivity index (χ0) is 16.9. The Balaban J connectivity index is 1.55. The summed E-state index contributed by atoms with van der Waals surface area (Å²) in [5.74, 6) is 0.483. The molecule has 0 spiro atoms. The van der Waals surface area contributed by atoms with Gasteiger partial charge in [-0.3, -0.25) is 9.69 Å². The number of aromatic nitrogens is 1. The highest BCUT2D eigenvalue weighted by atomic mass is 16.5. The average molecular weight is 331 g/mol. The molecule has 1 aliphatic heterocycles. The molecule has 1 aliphatic rings. The van der Waals surface area contributed by atoms with Gasteiger partial charge in [-0.05, 0) is 37.6 Å². The lowest BCUT2D eigenvalue weighted by molar-refractivity contribution is -0.119. The minimum absolute atomic E-state index is 0.138. The van der Waals surface area contributed by atoms with Gasteiger partial charge < -0.3 is 20.6 Å². The van der Waals surface area contributed by atoms with Crippen molar-refractivity contribution >= 4 is 16.8 Å². The quantitative estimate of drug-likeness (QED) is 0.719. The molecule has 6 heteroatoms. The summed E-state index contributed by atoms with van der Waals surface area (Å²) in [6, 6.07) is 7.91. The van der Waals surface area contributed by atoms with E-state index in [1.165, 1.54) is 0 Å². The SMILES string of the molecule is NC(=O)CC1CCCCN1CC(O)COc1cccc2[nH]ccc12.